The SMILES string of the molecule is CC1(C)CC1(C(=O)O)c1ccc(-c2ccccc2)s1. The molecule has 98 valence electrons. The van der Waals surface area contributed by atoms with Crippen LogP contribution in [0.2, 0.25) is 0 Å². The topological polar surface area (TPSA) is 37.3 Å². The molecule has 1 aromatic heterocycles. The maximum absolute atomic E-state index is 11.7. The van der Waals surface area contributed by atoms with Crippen LogP contribution in [0.25, 0.3) is 10.4 Å². The van der Waals surface area contributed by atoms with E-state index in [0.29, 0.717) is 0 Å². The van der Waals surface area contributed by atoms with Crippen molar-refractivity contribution in [3.05, 3.63) is 47.3 Å². The van der Waals surface area contributed by atoms with Crippen LogP contribution in [0.15, 0.2) is 42.5 Å². The highest BCUT2D eigenvalue weighted by Crippen LogP contribution is 2.65. The molecule has 3 heteroatoms. The van der Waals surface area contributed by atoms with Crippen molar-refractivity contribution in [1.82, 2.24) is 0 Å². The van der Waals surface area contributed by atoms with Crippen LogP contribution in [0.3, 0.4) is 0 Å². The lowest BCUT2D eigenvalue weighted by Gasteiger charge is -2.13. The standard InChI is InChI=1S/C16H16O2S/c1-15(2)10-16(15,14(17)18)13-9-8-12(19-13)11-6-4-3-5-7-11/h3-9H,10H2,1-2H3,(H,17,18). The summed E-state index contributed by atoms with van der Waals surface area (Å²) in [7, 11) is 0. The van der Waals surface area contributed by atoms with E-state index in [1.54, 1.807) is 11.3 Å². The third-order valence-electron chi connectivity index (χ3n) is 4.19. The van der Waals surface area contributed by atoms with Crippen LogP contribution in [0.5, 0.6) is 0 Å². The van der Waals surface area contributed by atoms with Gasteiger partial charge in [0.05, 0.1) is 0 Å². The number of thiophene rings is 1. The predicted octanol–water partition coefficient (Wildman–Crippen LogP) is 4.17. The van der Waals surface area contributed by atoms with E-state index >= 15 is 0 Å². The van der Waals surface area contributed by atoms with Gasteiger partial charge in [-0.2, -0.15) is 0 Å². The minimum absolute atomic E-state index is 0.141. The predicted molar refractivity (Wildman–Crippen MR) is 77.5 cm³/mol. The van der Waals surface area contributed by atoms with Crippen LogP contribution < -0.4 is 0 Å². The van der Waals surface area contributed by atoms with Gasteiger partial charge in [-0.1, -0.05) is 44.2 Å². The lowest BCUT2D eigenvalue weighted by atomic mass is 9.94. The summed E-state index contributed by atoms with van der Waals surface area (Å²) in [6.45, 7) is 4.06. The molecule has 0 spiro atoms. The highest BCUT2D eigenvalue weighted by atomic mass is 32.1. The number of benzene rings is 1. The van der Waals surface area contributed by atoms with E-state index in [0.717, 1.165) is 21.7 Å². The number of aliphatic carboxylic acids is 1. The van der Waals surface area contributed by atoms with Gasteiger partial charge in [-0.15, -0.1) is 11.3 Å². The van der Waals surface area contributed by atoms with Gasteiger partial charge < -0.3 is 5.11 Å². The molecule has 2 aromatic rings. The first kappa shape index (κ1) is 12.4. The number of rotatable bonds is 3. The molecule has 3 rings (SSSR count). The minimum atomic E-state index is -0.695. The molecule has 0 saturated heterocycles. The first-order valence-corrected chi connectivity index (χ1v) is 7.18. The van der Waals surface area contributed by atoms with E-state index in [9.17, 15) is 9.90 Å². The van der Waals surface area contributed by atoms with Gasteiger partial charge in [0.25, 0.3) is 0 Å². The second-order valence-corrected chi connectivity index (χ2v) is 6.88. The molecule has 0 amide bonds. The Morgan fingerprint density at radius 2 is 1.79 bits per heavy atom. The summed E-state index contributed by atoms with van der Waals surface area (Å²) in [6, 6.07) is 14.1. The Bertz CT molecular complexity index is 627. The summed E-state index contributed by atoms with van der Waals surface area (Å²) in [6.07, 6.45) is 0.726. The highest BCUT2D eigenvalue weighted by molar-refractivity contribution is 7.15. The quantitative estimate of drug-likeness (QED) is 0.910. The number of hydrogen-bond donors (Lipinski definition) is 1. The van der Waals surface area contributed by atoms with Crippen LogP contribution >= 0.6 is 11.3 Å². The fourth-order valence-corrected chi connectivity index (χ4v) is 4.21. The molecular weight excluding hydrogens is 256 g/mol. The molecule has 0 radical (unpaired) electrons. The van der Waals surface area contributed by atoms with E-state index in [-0.39, 0.29) is 5.41 Å². The molecule has 0 bridgehead atoms. The zero-order chi connectivity index (χ0) is 13.7. The van der Waals surface area contributed by atoms with Gasteiger partial charge in [0.1, 0.15) is 5.41 Å². The van der Waals surface area contributed by atoms with Crippen molar-refractivity contribution in [1.29, 1.82) is 0 Å². The minimum Gasteiger partial charge on any atom is -0.481 e. The highest BCUT2D eigenvalue weighted by Gasteiger charge is 2.68. The second kappa shape index (κ2) is 3.94. The van der Waals surface area contributed by atoms with E-state index in [4.69, 9.17) is 0 Å². The Hall–Kier alpha value is -1.61. The lowest BCUT2D eigenvalue weighted by Crippen LogP contribution is -2.24. The van der Waals surface area contributed by atoms with E-state index in [2.05, 4.69) is 12.1 Å². The molecule has 0 aliphatic heterocycles. The second-order valence-electron chi connectivity index (χ2n) is 5.80. The Balaban J connectivity index is 2.01. The van der Waals surface area contributed by atoms with E-state index in [1.807, 2.05) is 44.2 Å². The first-order chi connectivity index (χ1) is 8.97. The van der Waals surface area contributed by atoms with Crippen molar-refractivity contribution in [2.45, 2.75) is 25.7 Å². The molecule has 1 aliphatic carbocycles. The van der Waals surface area contributed by atoms with Gasteiger partial charge in [-0.05, 0) is 29.5 Å². The molecule has 2 nitrogen and oxygen atoms in total. The van der Waals surface area contributed by atoms with Gasteiger partial charge in [0, 0.05) is 9.75 Å². The van der Waals surface area contributed by atoms with Crippen molar-refractivity contribution < 1.29 is 9.90 Å². The fourth-order valence-electron chi connectivity index (χ4n) is 2.83. The summed E-state index contributed by atoms with van der Waals surface area (Å²) in [5.74, 6) is -0.695. The van der Waals surface area contributed by atoms with Crippen molar-refractivity contribution in [3.8, 4) is 10.4 Å². The molecule has 1 atom stereocenters. The Kier molecular flexibility index (Phi) is 2.58. The Morgan fingerprint density at radius 1 is 1.16 bits per heavy atom. The monoisotopic (exact) mass is 272 g/mol. The number of carbonyl (C=O) groups is 1. The molecule has 1 saturated carbocycles. The molecule has 1 aromatic carbocycles. The summed E-state index contributed by atoms with van der Waals surface area (Å²) < 4.78 is 0. The molecule has 19 heavy (non-hydrogen) atoms. The van der Waals surface area contributed by atoms with E-state index < -0.39 is 11.4 Å². The van der Waals surface area contributed by atoms with Gasteiger partial charge in [-0.3, -0.25) is 4.79 Å². The fraction of sp³-hybridized carbons (Fsp3) is 0.312. The summed E-state index contributed by atoms with van der Waals surface area (Å²) in [4.78, 5) is 13.8. The van der Waals surface area contributed by atoms with Crippen LogP contribution in [0.4, 0.5) is 0 Å². The van der Waals surface area contributed by atoms with Crippen molar-refractivity contribution in [3.63, 3.8) is 0 Å². The smallest absolute Gasteiger partial charge is 0.315 e. The molecule has 1 heterocycles. The van der Waals surface area contributed by atoms with Crippen molar-refractivity contribution in [2.24, 2.45) is 5.41 Å². The average molecular weight is 272 g/mol. The van der Waals surface area contributed by atoms with Gasteiger partial charge in [-0.25, -0.2) is 0 Å². The maximum Gasteiger partial charge on any atom is 0.315 e. The van der Waals surface area contributed by atoms with Crippen LogP contribution in [0, 0.1) is 5.41 Å². The zero-order valence-electron chi connectivity index (χ0n) is 11.0. The number of carboxylic acids is 1. The zero-order valence-corrected chi connectivity index (χ0v) is 11.8. The van der Waals surface area contributed by atoms with Crippen molar-refractivity contribution >= 4 is 17.3 Å². The molecule has 1 N–H and O–H groups in total. The van der Waals surface area contributed by atoms with Crippen LogP contribution in [0.1, 0.15) is 25.1 Å². The third-order valence-corrected chi connectivity index (χ3v) is 5.48. The largest absolute Gasteiger partial charge is 0.481 e. The molecule has 1 fully saturated rings. The van der Waals surface area contributed by atoms with Gasteiger partial charge >= 0.3 is 5.97 Å². The average Bonchev–Trinajstić information content (AvgIpc) is 2.77. The summed E-state index contributed by atoms with van der Waals surface area (Å²) >= 11 is 1.61. The first-order valence-electron chi connectivity index (χ1n) is 6.36. The summed E-state index contributed by atoms with van der Waals surface area (Å²) in [5, 5.41) is 9.58. The number of carboxylic acid groups (broad SMARTS) is 1. The summed E-state index contributed by atoms with van der Waals surface area (Å²) in [5.41, 5.74) is 0.334. The van der Waals surface area contributed by atoms with Gasteiger partial charge in [0.2, 0.25) is 0 Å². The maximum atomic E-state index is 11.7. The Morgan fingerprint density at radius 3 is 2.32 bits per heavy atom. The Labute approximate surface area is 116 Å². The molecular formula is C16H16O2S. The lowest BCUT2D eigenvalue weighted by molar-refractivity contribution is -0.140. The molecule has 1 aliphatic rings. The molecule has 1 unspecified atom stereocenters. The normalized spacial score (nSPS) is 24.1. The van der Waals surface area contributed by atoms with Crippen LogP contribution in [-0.4, -0.2) is 11.1 Å². The number of hydrogen-bond acceptors (Lipinski definition) is 2. The van der Waals surface area contributed by atoms with Gasteiger partial charge in [0.15, 0.2) is 0 Å². The van der Waals surface area contributed by atoms with E-state index in [1.165, 1.54) is 0 Å². The third kappa shape index (κ3) is 1.72. The van der Waals surface area contributed by atoms with Crippen LogP contribution in [-0.2, 0) is 10.2 Å². The van der Waals surface area contributed by atoms with Crippen molar-refractivity contribution in [2.75, 3.05) is 0 Å².